The van der Waals surface area contributed by atoms with Crippen LogP contribution in [0.3, 0.4) is 0 Å². The molecule has 2 rings (SSSR count). The third-order valence-corrected chi connectivity index (χ3v) is 2.69. The average Bonchev–Trinajstić information content (AvgIpc) is 2.34. The summed E-state index contributed by atoms with van der Waals surface area (Å²) in [6, 6.07) is 8.07. The fraction of sp³-hybridized carbons (Fsp3) is 0.385. The number of benzene rings is 1. The van der Waals surface area contributed by atoms with Gasteiger partial charge in [0, 0.05) is 18.4 Å². The lowest BCUT2D eigenvalue weighted by molar-refractivity contribution is -0.858. The van der Waals surface area contributed by atoms with Crippen LogP contribution in [0.15, 0.2) is 30.6 Å². The number of hydrogen-bond acceptors (Lipinski definition) is 3. The quantitative estimate of drug-likeness (QED) is 0.740. The molecular weight excluding hydrogens is 212 g/mol. The minimum Gasteiger partial charge on any atom is -0.369 e. The van der Waals surface area contributed by atoms with Gasteiger partial charge in [-0.15, -0.1) is 0 Å². The molecule has 0 aliphatic heterocycles. The molecule has 0 aliphatic rings. The Kier molecular flexibility index (Phi) is 3.88. The van der Waals surface area contributed by atoms with E-state index in [1.165, 1.54) is 4.90 Å². The Bertz CT molecular complexity index is 476. The highest BCUT2D eigenvalue weighted by Crippen LogP contribution is 2.17. The highest BCUT2D eigenvalue weighted by Gasteiger charge is 2.02. The Morgan fingerprint density at radius 2 is 2.00 bits per heavy atom. The van der Waals surface area contributed by atoms with Gasteiger partial charge in [-0.3, -0.25) is 0 Å². The SMILES string of the molecule is C[NH+](C)CCCNc1ncnc2ccccc12. The van der Waals surface area contributed by atoms with Crippen molar-refractivity contribution in [2.75, 3.05) is 32.5 Å². The maximum atomic E-state index is 4.29. The van der Waals surface area contributed by atoms with E-state index in [4.69, 9.17) is 0 Å². The zero-order valence-corrected chi connectivity index (χ0v) is 10.4. The maximum absolute atomic E-state index is 4.29. The van der Waals surface area contributed by atoms with Crippen LogP contribution in [0.5, 0.6) is 0 Å². The zero-order valence-electron chi connectivity index (χ0n) is 10.4. The largest absolute Gasteiger partial charge is 0.369 e. The predicted molar refractivity (Wildman–Crippen MR) is 70.3 cm³/mol. The Morgan fingerprint density at radius 3 is 2.82 bits per heavy atom. The first-order valence-corrected chi connectivity index (χ1v) is 6.00. The minimum atomic E-state index is 0.935. The number of nitrogens with one attached hydrogen (secondary N) is 2. The molecule has 0 fully saturated rings. The van der Waals surface area contributed by atoms with Crippen molar-refractivity contribution in [1.82, 2.24) is 9.97 Å². The Hall–Kier alpha value is -1.68. The summed E-state index contributed by atoms with van der Waals surface area (Å²) in [7, 11) is 4.33. The molecule has 0 radical (unpaired) electrons. The summed E-state index contributed by atoms with van der Waals surface area (Å²) >= 11 is 0. The van der Waals surface area contributed by atoms with Gasteiger partial charge < -0.3 is 10.2 Å². The summed E-state index contributed by atoms with van der Waals surface area (Å²) in [4.78, 5) is 10.0. The highest BCUT2D eigenvalue weighted by molar-refractivity contribution is 5.88. The van der Waals surface area contributed by atoms with E-state index in [1.807, 2.05) is 18.2 Å². The van der Waals surface area contributed by atoms with Gasteiger partial charge >= 0.3 is 0 Å². The molecule has 1 aromatic carbocycles. The van der Waals surface area contributed by atoms with Gasteiger partial charge in [-0.2, -0.15) is 0 Å². The standard InChI is InChI=1S/C13H18N4/c1-17(2)9-5-8-14-13-11-6-3-4-7-12(11)15-10-16-13/h3-4,6-7,10H,5,8-9H2,1-2H3,(H,14,15,16)/p+1. The van der Waals surface area contributed by atoms with Crippen LogP contribution in [0.4, 0.5) is 5.82 Å². The van der Waals surface area contributed by atoms with E-state index in [0.717, 1.165) is 36.2 Å². The van der Waals surface area contributed by atoms with Crippen LogP contribution in [0.2, 0.25) is 0 Å². The molecule has 17 heavy (non-hydrogen) atoms. The van der Waals surface area contributed by atoms with Gasteiger partial charge in [-0.1, -0.05) is 12.1 Å². The van der Waals surface area contributed by atoms with Gasteiger partial charge in [0.25, 0.3) is 0 Å². The van der Waals surface area contributed by atoms with E-state index in [9.17, 15) is 0 Å². The third-order valence-electron chi connectivity index (χ3n) is 2.69. The number of para-hydroxylation sites is 1. The molecule has 2 N–H and O–H groups in total. The summed E-state index contributed by atoms with van der Waals surface area (Å²) in [6.07, 6.45) is 2.75. The van der Waals surface area contributed by atoms with E-state index >= 15 is 0 Å². The number of quaternary nitrogens is 1. The summed E-state index contributed by atoms with van der Waals surface area (Å²) in [5.74, 6) is 0.935. The van der Waals surface area contributed by atoms with Crippen LogP contribution in [-0.4, -0.2) is 37.2 Å². The molecule has 0 bridgehead atoms. The van der Waals surface area contributed by atoms with Crippen LogP contribution in [0.1, 0.15) is 6.42 Å². The molecule has 0 amide bonds. The molecule has 1 heterocycles. The fourth-order valence-electron chi connectivity index (χ4n) is 1.79. The second kappa shape index (κ2) is 5.59. The number of anilines is 1. The van der Waals surface area contributed by atoms with E-state index in [0.29, 0.717) is 0 Å². The molecule has 2 aromatic rings. The second-order valence-electron chi connectivity index (χ2n) is 4.48. The number of aromatic nitrogens is 2. The van der Waals surface area contributed by atoms with Crippen molar-refractivity contribution in [2.24, 2.45) is 0 Å². The maximum Gasteiger partial charge on any atom is 0.137 e. The van der Waals surface area contributed by atoms with Gasteiger partial charge in [0.15, 0.2) is 0 Å². The van der Waals surface area contributed by atoms with Crippen molar-refractivity contribution in [3.8, 4) is 0 Å². The molecule has 0 saturated heterocycles. The van der Waals surface area contributed by atoms with Crippen molar-refractivity contribution in [2.45, 2.75) is 6.42 Å². The Balaban J connectivity index is 2.03. The van der Waals surface area contributed by atoms with Crippen molar-refractivity contribution in [3.63, 3.8) is 0 Å². The predicted octanol–water partition coefficient (Wildman–Crippen LogP) is 0.576. The first-order chi connectivity index (χ1) is 8.27. The molecule has 0 unspecified atom stereocenters. The lowest BCUT2D eigenvalue weighted by atomic mass is 10.2. The number of fused-ring (bicyclic) bond motifs is 1. The summed E-state index contributed by atoms with van der Waals surface area (Å²) in [5.41, 5.74) is 0.989. The average molecular weight is 231 g/mol. The van der Waals surface area contributed by atoms with Gasteiger partial charge in [0.2, 0.25) is 0 Å². The molecular formula is C13H19N4+. The molecule has 90 valence electrons. The van der Waals surface area contributed by atoms with Crippen molar-refractivity contribution >= 4 is 16.7 Å². The Morgan fingerprint density at radius 1 is 1.18 bits per heavy atom. The molecule has 0 atom stereocenters. The van der Waals surface area contributed by atoms with Gasteiger partial charge in [0.05, 0.1) is 26.2 Å². The molecule has 0 saturated carbocycles. The normalized spacial score (nSPS) is 11.0. The van der Waals surface area contributed by atoms with Crippen LogP contribution in [0.25, 0.3) is 10.9 Å². The molecule has 0 aliphatic carbocycles. The molecule has 0 spiro atoms. The third kappa shape index (κ3) is 3.14. The Labute approximate surface area is 102 Å². The molecule has 4 nitrogen and oxygen atoms in total. The minimum absolute atomic E-state index is 0.935. The zero-order chi connectivity index (χ0) is 12.1. The monoisotopic (exact) mass is 231 g/mol. The fourth-order valence-corrected chi connectivity index (χ4v) is 1.79. The summed E-state index contributed by atoms with van der Waals surface area (Å²) in [5, 5.41) is 4.47. The van der Waals surface area contributed by atoms with Crippen molar-refractivity contribution in [3.05, 3.63) is 30.6 Å². The summed E-state index contributed by atoms with van der Waals surface area (Å²) < 4.78 is 0. The van der Waals surface area contributed by atoms with Gasteiger partial charge in [-0.05, 0) is 12.1 Å². The number of nitrogens with zero attached hydrogens (tertiary/aromatic N) is 2. The van der Waals surface area contributed by atoms with Crippen molar-refractivity contribution < 1.29 is 4.90 Å². The van der Waals surface area contributed by atoms with E-state index in [1.54, 1.807) is 6.33 Å². The van der Waals surface area contributed by atoms with E-state index in [2.05, 4.69) is 35.4 Å². The lowest BCUT2D eigenvalue weighted by Gasteiger charge is -2.09. The smallest absolute Gasteiger partial charge is 0.137 e. The number of hydrogen-bond donors (Lipinski definition) is 2. The molecule has 1 aromatic heterocycles. The van der Waals surface area contributed by atoms with Crippen LogP contribution in [0, 0.1) is 0 Å². The van der Waals surface area contributed by atoms with Crippen molar-refractivity contribution in [1.29, 1.82) is 0 Å². The number of rotatable bonds is 5. The lowest BCUT2D eigenvalue weighted by Crippen LogP contribution is -3.05. The highest BCUT2D eigenvalue weighted by atomic mass is 15.1. The van der Waals surface area contributed by atoms with Gasteiger partial charge in [0.1, 0.15) is 12.1 Å². The van der Waals surface area contributed by atoms with E-state index in [-0.39, 0.29) is 0 Å². The summed E-state index contributed by atoms with van der Waals surface area (Å²) in [6.45, 7) is 2.11. The first kappa shape index (κ1) is 11.8. The van der Waals surface area contributed by atoms with E-state index < -0.39 is 0 Å². The molecule has 4 heteroatoms. The topological polar surface area (TPSA) is 42.2 Å². The second-order valence-corrected chi connectivity index (χ2v) is 4.48. The van der Waals surface area contributed by atoms with Crippen LogP contribution in [-0.2, 0) is 0 Å². The van der Waals surface area contributed by atoms with Crippen LogP contribution >= 0.6 is 0 Å². The van der Waals surface area contributed by atoms with Crippen LogP contribution < -0.4 is 10.2 Å². The first-order valence-electron chi connectivity index (χ1n) is 6.00. The van der Waals surface area contributed by atoms with Gasteiger partial charge in [-0.25, -0.2) is 9.97 Å².